The molecule has 0 saturated carbocycles. The number of nitro groups is 1. The van der Waals surface area contributed by atoms with Crippen molar-refractivity contribution in [2.75, 3.05) is 0 Å². The third-order valence-corrected chi connectivity index (χ3v) is 2.61. The number of rotatable bonds is 4. The molecular weight excluding hydrogens is 274 g/mol. The second-order valence-electron chi connectivity index (χ2n) is 4.09. The summed E-state index contributed by atoms with van der Waals surface area (Å²) in [7, 11) is 0. The largest absolute Gasteiger partial charge is 0.508 e. The molecule has 0 fully saturated rings. The summed E-state index contributed by atoms with van der Waals surface area (Å²) >= 11 is 0. The van der Waals surface area contributed by atoms with E-state index in [9.17, 15) is 14.9 Å². The normalized spacial score (nSPS) is 10.5. The first-order valence-electron chi connectivity index (χ1n) is 5.93. The lowest BCUT2D eigenvalue weighted by Crippen LogP contribution is -2.17. The molecule has 0 bridgehead atoms. The number of phenols is 1. The van der Waals surface area contributed by atoms with E-state index in [-0.39, 0.29) is 17.0 Å². The van der Waals surface area contributed by atoms with Gasteiger partial charge in [-0.3, -0.25) is 14.9 Å². The van der Waals surface area contributed by atoms with Gasteiger partial charge in [0.2, 0.25) is 0 Å². The van der Waals surface area contributed by atoms with E-state index in [2.05, 4.69) is 10.5 Å². The van der Waals surface area contributed by atoms with Crippen LogP contribution >= 0.6 is 0 Å². The van der Waals surface area contributed by atoms with E-state index in [1.807, 2.05) is 0 Å². The number of non-ortho nitro benzene ring substituents is 1. The summed E-state index contributed by atoms with van der Waals surface area (Å²) in [5.41, 5.74) is 3.20. The van der Waals surface area contributed by atoms with Gasteiger partial charge in [0.15, 0.2) is 0 Å². The topological polar surface area (TPSA) is 105 Å². The smallest absolute Gasteiger partial charge is 0.271 e. The van der Waals surface area contributed by atoms with E-state index in [0.717, 1.165) is 0 Å². The average Bonchev–Trinajstić information content (AvgIpc) is 2.49. The summed E-state index contributed by atoms with van der Waals surface area (Å²) in [4.78, 5) is 21.7. The maximum Gasteiger partial charge on any atom is 0.271 e. The lowest BCUT2D eigenvalue weighted by atomic mass is 10.2. The van der Waals surface area contributed by atoms with Gasteiger partial charge in [0.25, 0.3) is 11.6 Å². The second kappa shape index (κ2) is 6.29. The fourth-order valence-corrected chi connectivity index (χ4v) is 1.52. The Morgan fingerprint density at radius 2 is 1.76 bits per heavy atom. The summed E-state index contributed by atoms with van der Waals surface area (Å²) in [5, 5.41) is 23.4. The van der Waals surface area contributed by atoms with Crippen LogP contribution in [0.3, 0.4) is 0 Å². The van der Waals surface area contributed by atoms with Crippen molar-refractivity contribution in [2.45, 2.75) is 0 Å². The number of carbonyl (C=O) groups excluding carboxylic acids is 1. The monoisotopic (exact) mass is 285 g/mol. The van der Waals surface area contributed by atoms with Crippen LogP contribution in [-0.4, -0.2) is 22.2 Å². The molecule has 2 aromatic rings. The van der Waals surface area contributed by atoms with Crippen LogP contribution in [-0.2, 0) is 0 Å². The van der Waals surface area contributed by atoms with Crippen molar-refractivity contribution >= 4 is 17.8 Å². The number of nitrogens with zero attached hydrogens (tertiary/aromatic N) is 2. The zero-order chi connectivity index (χ0) is 15.2. The van der Waals surface area contributed by atoms with Crippen molar-refractivity contribution < 1.29 is 14.8 Å². The molecule has 0 heterocycles. The number of carbonyl (C=O) groups is 1. The third kappa shape index (κ3) is 3.87. The van der Waals surface area contributed by atoms with Gasteiger partial charge in [0, 0.05) is 17.7 Å². The Morgan fingerprint density at radius 1 is 1.14 bits per heavy atom. The number of hydrogen-bond donors (Lipinski definition) is 2. The summed E-state index contributed by atoms with van der Waals surface area (Å²) < 4.78 is 0. The number of benzene rings is 2. The van der Waals surface area contributed by atoms with Crippen LogP contribution in [0.4, 0.5) is 5.69 Å². The molecule has 0 aromatic heterocycles. The Kier molecular flexibility index (Phi) is 4.25. The molecular formula is C14H11N3O4. The van der Waals surface area contributed by atoms with Gasteiger partial charge in [-0.25, -0.2) is 5.43 Å². The number of hydrazone groups is 1. The SMILES string of the molecule is O=C(N/N=C\c1ccc(O)cc1)c1ccc([N+](=O)[O-])cc1. The molecule has 0 aliphatic rings. The second-order valence-corrected chi connectivity index (χ2v) is 4.09. The molecule has 1 amide bonds. The number of aromatic hydroxyl groups is 1. The Hall–Kier alpha value is -3.22. The van der Waals surface area contributed by atoms with Crippen molar-refractivity contribution in [1.29, 1.82) is 0 Å². The summed E-state index contributed by atoms with van der Waals surface area (Å²) in [6.45, 7) is 0. The zero-order valence-corrected chi connectivity index (χ0v) is 10.8. The molecule has 0 aliphatic carbocycles. The van der Waals surface area contributed by atoms with Gasteiger partial charge in [-0.05, 0) is 42.0 Å². The Morgan fingerprint density at radius 3 is 2.33 bits per heavy atom. The molecule has 7 nitrogen and oxygen atoms in total. The molecule has 0 radical (unpaired) electrons. The standard InChI is InChI=1S/C14H11N3O4/c18-13-7-1-10(2-8-13)9-15-16-14(19)11-3-5-12(6-4-11)17(20)21/h1-9,18H,(H,16,19)/b15-9-. The number of amides is 1. The van der Waals surface area contributed by atoms with E-state index in [4.69, 9.17) is 5.11 Å². The van der Waals surface area contributed by atoms with Gasteiger partial charge in [-0.15, -0.1) is 0 Å². The Labute approximate surface area is 119 Å². The first-order valence-corrected chi connectivity index (χ1v) is 5.93. The lowest BCUT2D eigenvalue weighted by Gasteiger charge is -1.99. The fourth-order valence-electron chi connectivity index (χ4n) is 1.52. The highest BCUT2D eigenvalue weighted by Gasteiger charge is 2.08. The van der Waals surface area contributed by atoms with Gasteiger partial charge in [-0.1, -0.05) is 0 Å². The minimum Gasteiger partial charge on any atom is -0.508 e. The van der Waals surface area contributed by atoms with Crippen LogP contribution in [0, 0.1) is 10.1 Å². The van der Waals surface area contributed by atoms with E-state index >= 15 is 0 Å². The van der Waals surface area contributed by atoms with E-state index < -0.39 is 10.8 Å². The number of hydrogen-bond acceptors (Lipinski definition) is 5. The number of nitro benzene ring substituents is 1. The Balaban J connectivity index is 1.98. The maximum atomic E-state index is 11.7. The van der Waals surface area contributed by atoms with E-state index in [1.54, 1.807) is 12.1 Å². The van der Waals surface area contributed by atoms with Crippen LogP contribution in [0.1, 0.15) is 15.9 Å². The highest BCUT2D eigenvalue weighted by atomic mass is 16.6. The van der Waals surface area contributed by atoms with Gasteiger partial charge >= 0.3 is 0 Å². The van der Waals surface area contributed by atoms with Crippen molar-refractivity contribution in [2.24, 2.45) is 5.10 Å². The summed E-state index contributed by atoms with van der Waals surface area (Å²) in [5.74, 6) is -0.331. The number of phenolic OH excluding ortho intramolecular Hbond substituents is 1. The van der Waals surface area contributed by atoms with Gasteiger partial charge in [-0.2, -0.15) is 5.10 Å². The fraction of sp³-hybridized carbons (Fsp3) is 0. The van der Waals surface area contributed by atoms with Crippen molar-refractivity contribution in [3.63, 3.8) is 0 Å². The highest BCUT2D eigenvalue weighted by molar-refractivity contribution is 5.95. The lowest BCUT2D eigenvalue weighted by molar-refractivity contribution is -0.384. The van der Waals surface area contributed by atoms with Crippen LogP contribution in [0.2, 0.25) is 0 Å². The molecule has 0 saturated heterocycles. The quantitative estimate of drug-likeness (QED) is 0.509. The molecule has 0 spiro atoms. The minimum absolute atomic E-state index is 0.0841. The molecule has 0 atom stereocenters. The Bertz CT molecular complexity index is 678. The molecule has 2 rings (SSSR count). The summed E-state index contributed by atoms with van der Waals surface area (Å²) in [6.07, 6.45) is 1.42. The van der Waals surface area contributed by atoms with Crippen molar-refractivity contribution in [3.8, 4) is 5.75 Å². The molecule has 7 heteroatoms. The van der Waals surface area contributed by atoms with Crippen LogP contribution < -0.4 is 5.43 Å². The van der Waals surface area contributed by atoms with Crippen molar-refractivity contribution in [1.82, 2.24) is 5.43 Å². The minimum atomic E-state index is -0.537. The highest BCUT2D eigenvalue weighted by Crippen LogP contribution is 2.11. The summed E-state index contributed by atoms with van der Waals surface area (Å²) in [6, 6.07) is 11.5. The molecule has 21 heavy (non-hydrogen) atoms. The van der Waals surface area contributed by atoms with Gasteiger partial charge in [0.05, 0.1) is 11.1 Å². The molecule has 106 valence electrons. The van der Waals surface area contributed by atoms with Crippen LogP contribution in [0.5, 0.6) is 5.75 Å². The van der Waals surface area contributed by atoms with Crippen LogP contribution in [0.15, 0.2) is 53.6 Å². The molecule has 2 aromatic carbocycles. The first-order chi connectivity index (χ1) is 10.1. The maximum absolute atomic E-state index is 11.7. The zero-order valence-electron chi connectivity index (χ0n) is 10.8. The first kappa shape index (κ1) is 14.2. The van der Waals surface area contributed by atoms with Crippen LogP contribution in [0.25, 0.3) is 0 Å². The molecule has 0 unspecified atom stereocenters. The van der Waals surface area contributed by atoms with Gasteiger partial charge in [0.1, 0.15) is 5.75 Å². The number of nitrogens with one attached hydrogen (secondary N) is 1. The van der Waals surface area contributed by atoms with E-state index in [1.165, 1.54) is 42.6 Å². The molecule has 2 N–H and O–H groups in total. The van der Waals surface area contributed by atoms with Gasteiger partial charge < -0.3 is 5.11 Å². The average molecular weight is 285 g/mol. The molecule has 0 aliphatic heterocycles. The predicted octanol–water partition coefficient (Wildman–Crippen LogP) is 2.06. The predicted molar refractivity (Wildman–Crippen MR) is 76.3 cm³/mol. The van der Waals surface area contributed by atoms with Crippen molar-refractivity contribution in [3.05, 3.63) is 69.8 Å². The third-order valence-electron chi connectivity index (χ3n) is 2.61. The van der Waals surface area contributed by atoms with E-state index in [0.29, 0.717) is 5.56 Å².